The number of aromatic amines is 1. The molecule has 1 fully saturated rings. The summed E-state index contributed by atoms with van der Waals surface area (Å²) in [4.78, 5) is 33.2. The number of aromatic nitrogens is 2. The monoisotopic (exact) mass is 454 g/mol. The first-order valence-corrected chi connectivity index (χ1v) is 10.7. The molecule has 3 aromatic rings. The number of nitrogens with zero attached hydrogens (tertiary/aromatic N) is 1. The lowest BCUT2D eigenvalue weighted by Crippen LogP contribution is -2.26. The maximum Gasteiger partial charge on any atom is 0.586 e. The molecule has 0 atom stereocenters. The Morgan fingerprint density at radius 3 is 2.58 bits per heavy atom. The van der Waals surface area contributed by atoms with Crippen LogP contribution in [0.25, 0.3) is 11.3 Å². The largest absolute Gasteiger partial charge is 0.586 e. The maximum atomic E-state index is 13.4. The van der Waals surface area contributed by atoms with Gasteiger partial charge in [0.05, 0.1) is 16.7 Å². The van der Waals surface area contributed by atoms with Crippen LogP contribution in [0, 0.1) is 20.8 Å². The standard InChI is InChI=1S/C25H22F2N2O4.H2/c1-13-8-18(23(31)28-12-13)22-15(3)14(2)9-17(29-22)11-21(30)24(6-7-24)16-4-5-19-20(10-16)33-25(26,27)32-19;/h4-5,8-10,12H,6-7,11H2,1-3H3,(H,28,31);1H. The number of aryl methyl sites for hydroxylation is 2. The molecule has 1 aliphatic carbocycles. The van der Waals surface area contributed by atoms with Gasteiger partial charge in [-0.25, -0.2) is 0 Å². The molecule has 6 nitrogen and oxygen atoms in total. The van der Waals surface area contributed by atoms with E-state index >= 15 is 0 Å². The molecule has 0 unspecified atom stereocenters. The molecule has 1 aromatic carbocycles. The summed E-state index contributed by atoms with van der Waals surface area (Å²) >= 11 is 0. The van der Waals surface area contributed by atoms with Crippen molar-refractivity contribution >= 4 is 5.78 Å². The second-order valence-corrected chi connectivity index (χ2v) is 8.83. The summed E-state index contributed by atoms with van der Waals surface area (Å²) in [6, 6.07) is 8.16. The van der Waals surface area contributed by atoms with Gasteiger partial charge < -0.3 is 14.5 Å². The van der Waals surface area contributed by atoms with Crippen molar-refractivity contribution in [2.45, 2.75) is 51.7 Å². The highest BCUT2D eigenvalue weighted by Crippen LogP contribution is 2.52. The zero-order valence-corrected chi connectivity index (χ0v) is 18.4. The molecule has 33 heavy (non-hydrogen) atoms. The Balaban J connectivity index is 0.00000274. The Morgan fingerprint density at radius 2 is 1.85 bits per heavy atom. The van der Waals surface area contributed by atoms with Crippen LogP contribution in [0.2, 0.25) is 0 Å². The number of rotatable bonds is 5. The van der Waals surface area contributed by atoms with Crippen molar-refractivity contribution in [3.63, 3.8) is 0 Å². The number of benzene rings is 1. The lowest BCUT2D eigenvalue weighted by Gasteiger charge is -2.16. The Hall–Kier alpha value is -3.55. The molecule has 172 valence electrons. The fraction of sp³-hybridized carbons (Fsp3) is 0.320. The zero-order valence-electron chi connectivity index (χ0n) is 18.4. The molecule has 1 aliphatic heterocycles. The van der Waals surface area contributed by atoms with Gasteiger partial charge in [-0.1, -0.05) is 6.07 Å². The topological polar surface area (TPSA) is 81.3 Å². The van der Waals surface area contributed by atoms with Crippen molar-refractivity contribution in [1.29, 1.82) is 0 Å². The predicted molar refractivity (Wildman–Crippen MR) is 119 cm³/mol. The van der Waals surface area contributed by atoms with Gasteiger partial charge in [-0.2, -0.15) is 0 Å². The first kappa shape index (κ1) is 21.3. The van der Waals surface area contributed by atoms with E-state index in [4.69, 9.17) is 0 Å². The molecule has 0 saturated heterocycles. The number of carbonyl (C=O) groups excluding carboxylic acids is 1. The summed E-state index contributed by atoms with van der Waals surface area (Å²) in [5, 5.41) is 0. The Kier molecular flexibility index (Phi) is 4.67. The van der Waals surface area contributed by atoms with Gasteiger partial charge in [0.1, 0.15) is 5.78 Å². The highest BCUT2D eigenvalue weighted by atomic mass is 19.3. The quantitative estimate of drug-likeness (QED) is 0.601. The van der Waals surface area contributed by atoms with Crippen LogP contribution in [0.15, 0.2) is 41.3 Å². The van der Waals surface area contributed by atoms with Crippen LogP contribution < -0.4 is 15.0 Å². The Bertz CT molecular complexity index is 1370. The molecule has 0 spiro atoms. The van der Waals surface area contributed by atoms with Crippen molar-refractivity contribution < 1.29 is 24.5 Å². The van der Waals surface area contributed by atoms with Crippen LogP contribution in [0.5, 0.6) is 11.5 Å². The summed E-state index contributed by atoms with van der Waals surface area (Å²) < 4.78 is 35.8. The van der Waals surface area contributed by atoms with Gasteiger partial charge in [-0.15, -0.1) is 8.78 Å². The van der Waals surface area contributed by atoms with Crippen LogP contribution in [0.4, 0.5) is 8.78 Å². The molecule has 5 rings (SSSR count). The average Bonchev–Trinajstić information content (AvgIpc) is 3.49. The number of alkyl halides is 2. The van der Waals surface area contributed by atoms with Gasteiger partial charge in [-0.05, 0) is 80.1 Å². The third-order valence-electron chi connectivity index (χ3n) is 6.47. The number of nitrogens with one attached hydrogen (secondary N) is 1. The molecule has 2 aliphatic rings. The molecular weight excluding hydrogens is 430 g/mol. The summed E-state index contributed by atoms with van der Waals surface area (Å²) in [5.41, 5.74) is 3.92. The molecule has 3 heterocycles. The SMILES string of the molecule is Cc1c[nH]c(=O)c(-c2nc(CC(=O)C3(c4ccc5c(c4)OC(F)(F)O5)CC3)cc(C)c2C)c1.[HH]. The number of Topliss-reactive ketones (excluding diaryl/α,β-unsaturated/α-hetero) is 1. The van der Waals surface area contributed by atoms with E-state index in [0.717, 1.165) is 16.7 Å². The van der Waals surface area contributed by atoms with E-state index in [-0.39, 0.29) is 30.7 Å². The van der Waals surface area contributed by atoms with Crippen molar-refractivity contribution in [3.05, 3.63) is 74.8 Å². The van der Waals surface area contributed by atoms with Crippen molar-refractivity contribution in [2.75, 3.05) is 0 Å². The third kappa shape index (κ3) is 3.69. The molecule has 0 amide bonds. The van der Waals surface area contributed by atoms with Gasteiger partial charge in [0.2, 0.25) is 0 Å². The molecule has 8 heteroatoms. The third-order valence-corrected chi connectivity index (χ3v) is 6.47. The van der Waals surface area contributed by atoms with E-state index in [2.05, 4.69) is 19.4 Å². The van der Waals surface area contributed by atoms with Crippen LogP contribution >= 0.6 is 0 Å². The van der Waals surface area contributed by atoms with E-state index in [1.807, 2.05) is 26.8 Å². The number of pyridine rings is 2. The number of H-pyrrole nitrogens is 1. The highest BCUT2D eigenvalue weighted by Gasteiger charge is 2.52. The molecule has 0 radical (unpaired) electrons. The molecule has 1 N–H and O–H groups in total. The van der Waals surface area contributed by atoms with Gasteiger partial charge >= 0.3 is 6.29 Å². The molecule has 0 bridgehead atoms. The summed E-state index contributed by atoms with van der Waals surface area (Å²) in [6.07, 6.45) is -0.745. The maximum absolute atomic E-state index is 13.4. The number of hydrogen-bond acceptors (Lipinski definition) is 5. The van der Waals surface area contributed by atoms with Gasteiger partial charge in [0, 0.05) is 19.7 Å². The zero-order chi connectivity index (χ0) is 23.5. The number of halogens is 2. The van der Waals surface area contributed by atoms with Crippen molar-refractivity contribution in [2.24, 2.45) is 0 Å². The van der Waals surface area contributed by atoms with E-state index in [1.165, 1.54) is 12.1 Å². The number of ketones is 1. The van der Waals surface area contributed by atoms with Gasteiger partial charge in [-0.3, -0.25) is 14.6 Å². The normalized spacial score (nSPS) is 17.1. The van der Waals surface area contributed by atoms with Crippen LogP contribution in [-0.2, 0) is 16.6 Å². The lowest BCUT2D eigenvalue weighted by atomic mass is 9.88. The smallest absolute Gasteiger partial charge is 0.395 e. The number of fused-ring (bicyclic) bond motifs is 1. The first-order chi connectivity index (χ1) is 15.6. The van der Waals surface area contributed by atoms with Gasteiger partial charge in [0.15, 0.2) is 11.5 Å². The molecular formula is C25H24F2N2O4. The van der Waals surface area contributed by atoms with E-state index in [0.29, 0.717) is 35.4 Å². The second kappa shape index (κ2) is 7.23. The van der Waals surface area contributed by atoms with E-state index in [9.17, 15) is 18.4 Å². The van der Waals surface area contributed by atoms with E-state index in [1.54, 1.807) is 18.3 Å². The summed E-state index contributed by atoms with van der Waals surface area (Å²) in [5.74, 6) is -0.161. The van der Waals surface area contributed by atoms with Crippen LogP contribution in [0.3, 0.4) is 0 Å². The number of hydrogen-bond donors (Lipinski definition) is 1. The Morgan fingerprint density at radius 1 is 1.12 bits per heavy atom. The minimum Gasteiger partial charge on any atom is -0.395 e. The highest BCUT2D eigenvalue weighted by molar-refractivity contribution is 5.94. The van der Waals surface area contributed by atoms with Crippen molar-refractivity contribution in [1.82, 2.24) is 9.97 Å². The second-order valence-electron chi connectivity index (χ2n) is 8.83. The Labute approximate surface area is 190 Å². The lowest BCUT2D eigenvalue weighted by molar-refractivity contribution is -0.286. The van der Waals surface area contributed by atoms with Crippen LogP contribution in [-0.4, -0.2) is 22.0 Å². The van der Waals surface area contributed by atoms with E-state index < -0.39 is 11.7 Å². The first-order valence-electron chi connectivity index (χ1n) is 10.7. The number of carbonyl (C=O) groups is 1. The van der Waals surface area contributed by atoms with Crippen LogP contribution in [0.1, 0.15) is 42.2 Å². The summed E-state index contributed by atoms with van der Waals surface area (Å²) in [6.45, 7) is 5.70. The molecule has 1 saturated carbocycles. The average molecular weight is 454 g/mol. The van der Waals surface area contributed by atoms with Gasteiger partial charge in [0.25, 0.3) is 5.56 Å². The molecule has 2 aromatic heterocycles. The number of ether oxygens (including phenoxy) is 2. The van der Waals surface area contributed by atoms with Crippen molar-refractivity contribution in [3.8, 4) is 22.8 Å². The predicted octanol–water partition coefficient (Wildman–Crippen LogP) is 4.77. The summed E-state index contributed by atoms with van der Waals surface area (Å²) in [7, 11) is 0. The minimum absolute atomic E-state index is 0. The fourth-order valence-electron chi connectivity index (χ4n) is 4.36. The minimum atomic E-state index is -3.70. The fourth-order valence-corrected chi connectivity index (χ4v) is 4.36.